The van der Waals surface area contributed by atoms with E-state index < -0.39 is 0 Å². The van der Waals surface area contributed by atoms with E-state index in [2.05, 4.69) is 15.3 Å². The zero-order valence-corrected chi connectivity index (χ0v) is 16.8. The molecule has 0 spiro atoms. The Morgan fingerprint density at radius 3 is 2.78 bits per heavy atom. The van der Waals surface area contributed by atoms with Gasteiger partial charge in [0.15, 0.2) is 11.5 Å². The summed E-state index contributed by atoms with van der Waals surface area (Å²) in [6.45, 7) is 5.53. The lowest BCUT2D eigenvalue weighted by Crippen LogP contribution is -2.17. The van der Waals surface area contributed by atoms with Gasteiger partial charge in [0.2, 0.25) is 0 Å². The molecule has 5 nitrogen and oxygen atoms in total. The van der Waals surface area contributed by atoms with Crippen LogP contribution in [-0.4, -0.2) is 29.7 Å². The summed E-state index contributed by atoms with van der Waals surface area (Å²) < 4.78 is 11.4. The van der Waals surface area contributed by atoms with Crippen LogP contribution in [0.4, 0.5) is 0 Å². The van der Waals surface area contributed by atoms with Gasteiger partial charge in [-0.2, -0.15) is 0 Å². The SMILES string of the molecule is COc1cc(Cl)cc(CNCCCc2nc3ccccc3[nH]2)c1OC(C)C. The maximum atomic E-state index is 6.22. The number of benzene rings is 2. The molecule has 0 unspecified atom stereocenters. The Bertz CT molecular complexity index is 859. The van der Waals surface area contributed by atoms with Gasteiger partial charge in [0, 0.05) is 29.6 Å². The predicted octanol–water partition coefficient (Wildman–Crippen LogP) is 4.73. The molecule has 2 aromatic carbocycles. The number of H-pyrrole nitrogens is 1. The second-order valence-corrected chi connectivity index (χ2v) is 7.18. The van der Waals surface area contributed by atoms with E-state index in [4.69, 9.17) is 21.1 Å². The second kappa shape index (κ2) is 9.11. The van der Waals surface area contributed by atoms with Crippen molar-refractivity contribution in [2.45, 2.75) is 39.3 Å². The van der Waals surface area contributed by atoms with Gasteiger partial charge in [0.25, 0.3) is 0 Å². The largest absolute Gasteiger partial charge is 0.493 e. The highest BCUT2D eigenvalue weighted by atomic mass is 35.5. The van der Waals surface area contributed by atoms with E-state index in [1.54, 1.807) is 13.2 Å². The normalized spacial score (nSPS) is 11.3. The predicted molar refractivity (Wildman–Crippen MR) is 110 cm³/mol. The van der Waals surface area contributed by atoms with Crippen molar-refractivity contribution in [3.8, 4) is 11.5 Å². The molecule has 144 valence electrons. The molecule has 6 heteroatoms. The first-order valence-electron chi connectivity index (χ1n) is 9.24. The van der Waals surface area contributed by atoms with Gasteiger partial charge in [-0.3, -0.25) is 0 Å². The summed E-state index contributed by atoms with van der Waals surface area (Å²) in [6, 6.07) is 11.8. The number of hydrogen-bond donors (Lipinski definition) is 2. The number of aromatic nitrogens is 2. The standard InChI is InChI=1S/C21H26ClN3O2/c1-14(2)27-21-15(11-16(22)12-19(21)26-3)13-23-10-6-9-20-24-17-7-4-5-8-18(17)25-20/h4-5,7-8,11-12,14,23H,6,9-10,13H2,1-3H3,(H,24,25). The summed E-state index contributed by atoms with van der Waals surface area (Å²) in [6.07, 6.45) is 1.94. The number of fused-ring (bicyclic) bond motifs is 1. The number of para-hydroxylation sites is 2. The first kappa shape index (κ1) is 19.5. The van der Waals surface area contributed by atoms with E-state index in [1.165, 1.54) is 0 Å². The fraction of sp³-hybridized carbons (Fsp3) is 0.381. The number of methoxy groups -OCH3 is 1. The van der Waals surface area contributed by atoms with Crippen LogP contribution in [0.5, 0.6) is 11.5 Å². The van der Waals surface area contributed by atoms with E-state index in [-0.39, 0.29) is 6.10 Å². The lowest BCUT2D eigenvalue weighted by Gasteiger charge is -2.18. The van der Waals surface area contributed by atoms with Crippen LogP contribution in [0.2, 0.25) is 5.02 Å². The number of halogens is 1. The first-order chi connectivity index (χ1) is 13.1. The minimum Gasteiger partial charge on any atom is -0.493 e. The van der Waals surface area contributed by atoms with Crippen molar-refractivity contribution in [2.75, 3.05) is 13.7 Å². The number of nitrogens with zero attached hydrogens (tertiary/aromatic N) is 1. The fourth-order valence-corrected chi connectivity index (χ4v) is 3.23. The number of imidazole rings is 1. The number of nitrogens with one attached hydrogen (secondary N) is 2. The van der Waals surface area contributed by atoms with Crippen LogP contribution in [0.15, 0.2) is 36.4 Å². The van der Waals surface area contributed by atoms with Crippen molar-refractivity contribution in [2.24, 2.45) is 0 Å². The molecule has 3 rings (SSSR count). The Hall–Kier alpha value is -2.24. The molecule has 1 aromatic heterocycles. The Labute approximate surface area is 165 Å². The van der Waals surface area contributed by atoms with Gasteiger partial charge in [0.1, 0.15) is 5.82 Å². The topological polar surface area (TPSA) is 59.2 Å². The molecule has 27 heavy (non-hydrogen) atoms. The highest BCUT2D eigenvalue weighted by Gasteiger charge is 2.14. The number of aromatic amines is 1. The number of aryl methyl sites for hydroxylation is 1. The summed E-state index contributed by atoms with van der Waals surface area (Å²) in [5.41, 5.74) is 3.10. The Balaban J connectivity index is 1.55. The molecule has 0 aliphatic heterocycles. The van der Waals surface area contributed by atoms with Crippen LogP contribution in [0, 0.1) is 0 Å². The summed E-state index contributed by atoms with van der Waals surface area (Å²) >= 11 is 6.22. The fourth-order valence-electron chi connectivity index (χ4n) is 3.00. The molecule has 0 amide bonds. The van der Waals surface area contributed by atoms with E-state index in [1.807, 2.05) is 44.2 Å². The average Bonchev–Trinajstić information content (AvgIpc) is 3.05. The molecular formula is C21H26ClN3O2. The van der Waals surface area contributed by atoms with Crippen LogP contribution >= 0.6 is 11.6 Å². The minimum absolute atomic E-state index is 0.0620. The van der Waals surface area contributed by atoms with Crippen molar-refractivity contribution in [1.29, 1.82) is 0 Å². The molecule has 0 fully saturated rings. The zero-order chi connectivity index (χ0) is 19.2. The second-order valence-electron chi connectivity index (χ2n) is 6.74. The lowest BCUT2D eigenvalue weighted by atomic mass is 10.1. The third kappa shape index (κ3) is 5.15. The van der Waals surface area contributed by atoms with E-state index >= 15 is 0 Å². The van der Waals surface area contributed by atoms with Crippen molar-refractivity contribution in [1.82, 2.24) is 15.3 Å². The third-order valence-electron chi connectivity index (χ3n) is 4.19. The Kier molecular flexibility index (Phi) is 6.58. The molecule has 1 heterocycles. The highest BCUT2D eigenvalue weighted by Crippen LogP contribution is 2.35. The molecule has 0 bridgehead atoms. The van der Waals surface area contributed by atoms with Crippen LogP contribution in [0.25, 0.3) is 11.0 Å². The van der Waals surface area contributed by atoms with Gasteiger partial charge >= 0.3 is 0 Å². The molecule has 0 aliphatic rings. The lowest BCUT2D eigenvalue weighted by molar-refractivity contribution is 0.227. The molecular weight excluding hydrogens is 362 g/mol. The Morgan fingerprint density at radius 1 is 1.22 bits per heavy atom. The maximum Gasteiger partial charge on any atom is 0.166 e. The van der Waals surface area contributed by atoms with Gasteiger partial charge in [0.05, 0.1) is 24.2 Å². The molecule has 0 saturated carbocycles. The first-order valence-corrected chi connectivity index (χ1v) is 9.62. The number of ether oxygens (including phenoxy) is 2. The van der Waals surface area contributed by atoms with E-state index in [0.717, 1.165) is 47.6 Å². The average molecular weight is 388 g/mol. The summed E-state index contributed by atoms with van der Waals surface area (Å²) in [7, 11) is 1.63. The molecule has 0 radical (unpaired) electrons. The van der Waals surface area contributed by atoms with Gasteiger partial charge in [-0.1, -0.05) is 23.7 Å². The summed E-state index contributed by atoms with van der Waals surface area (Å²) in [5.74, 6) is 2.43. The van der Waals surface area contributed by atoms with E-state index in [0.29, 0.717) is 17.3 Å². The van der Waals surface area contributed by atoms with Gasteiger partial charge in [-0.15, -0.1) is 0 Å². The van der Waals surface area contributed by atoms with Crippen molar-refractivity contribution in [3.63, 3.8) is 0 Å². The molecule has 3 aromatic rings. The molecule has 2 N–H and O–H groups in total. The highest BCUT2D eigenvalue weighted by molar-refractivity contribution is 6.30. The Morgan fingerprint density at radius 2 is 2.04 bits per heavy atom. The summed E-state index contributed by atoms with van der Waals surface area (Å²) in [4.78, 5) is 7.98. The zero-order valence-electron chi connectivity index (χ0n) is 16.0. The quantitative estimate of drug-likeness (QED) is 0.521. The van der Waals surface area contributed by atoms with Gasteiger partial charge in [-0.25, -0.2) is 4.98 Å². The molecule has 0 atom stereocenters. The van der Waals surface area contributed by atoms with Gasteiger partial charge < -0.3 is 19.8 Å². The smallest absolute Gasteiger partial charge is 0.166 e. The minimum atomic E-state index is 0.0620. The van der Waals surface area contributed by atoms with Crippen LogP contribution < -0.4 is 14.8 Å². The number of hydrogen-bond acceptors (Lipinski definition) is 4. The molecule has 0 aliphatic carbocycles. The summed E-state index contributed by atoms with van der Waals surface area (Å²) in [5, 5.41) is 4.10. The van der Waals surface area contributed by atoms with Crippen molar-refractivity contribution in [3.05, 3.63) is 52.8 Å². The van der Waals surface area contributed by atoms with Crippen LogP contribution in [0.3, 0.4) is 0 Å². The van der Waals surface area contributed by atoms with Crippen molar-refractivity contribution < 1.29 is 9.47 Å². The van der Waals surface area contributed by atoms with Crippen LogP contribution in [0.1, 0.15) is 31.7 Å². The van der Waals surface area contributed by atoms with Crippen LogP contribution in [-0.2, 0) is 13.0 Å². The monoisotopic (exact) mass is 387 g/mol. The van der Waals surface area contributed by atoms with E-state index in [9.17, 15) is 0 Å². The molecule has 0 saturated heterocycles. The van der Waals surface area contributed by atoms with Gasteiger partial charge in [-0.05, 0) is 45.0 Å². The third-order valence-corrected chi connectivity index (χ3v) is 4.41. The number of rotatable bonds is 9. The van der Waals surface area contributed by atoms with Crippen molar-refractivity contribution >= 4 is 22.6 Å². The maximum absolute atomic E-state index is 6.22.